The van der Waals surface area contributed by atoms with Crippen LogP contribution in [0.25, 0.3) is 22.4 Å². The van der Waals surface area contributed by atoms with Gasteiger partial charge in [0, 0.05) is 0 Å². The summed E-state index contributed by atoms with van der Waals surface area (Å²) in [5, 5.41) is 12.8. The maximum Gasteiger partial charge on any atom is 0.239 e. The van der Waals surface area contributed by atoms with Crippen LogP contribution in [0.4, 0.5) is 0 Å². The molecule has 4 rings (SSSR count). The summed E-state index contributed by atoms with van der Waals surface area (Å²) in [6.07, 6.45) is 2.00. The van der Waals surface area contributed by atoms with Crippen LogP contribution in [0.3, 0.4) is 0 Å². The Morgan fingerprint density at radius 3 is 2.86 bits per heavy atom. The summed E-state index contributed by atoms with van der Waals surface area (Å²) in [6, 6.07) is 14.4. The molecule has 0 unspecified atom stereocenters. The van der Waals surface area contributed by atoms with Gasteiger partial charge in [0.1, 0.15) is 6.33 Å². The molecule has 21 heavy (non-hydrogen) atoms. The second kappa shape index (κ2) is 4.82. The van der Waals surface area contributed by atoms with Crippen molar-refractivity contribution in [3.63, 3.8) is 0 Å². The number of H-pyrrole nitrogens is 1. The molecule has 0 aliphatic heterocycles. The number of fused-ring (bicyclic) bond motifs is 1. The standard InChI is InChI=1S/C15H11N5O/c1-2-7-12-10(4-1)5-3-6-11(12)8-13-18-15(20-21-13)14-16-9-17-19-14/h1-7,9H,8H2,(H,16,17,19). The monoisotopic (exact) mass is 277 g/mol. The van der Waals surface area contributed by atoms with Gasteiger partial charge in [0.2, 0.25) is 11.7 Å². The third-order valence-corrected chi connectivity index (χ3v) is 3.32. The van der Waals surface area contributed by atoms with Gasteiger partial charge in [0.05, 0.1) is 6.42 Å². The molecule has 6 nitrogen and oxygen atoms in total. The third kappa shape index (κ3) is 2.16. The summed E-state index contributed by atoms with van der Waals surface area (Å²) in [6.45, 7) is 0. The van der Waals surface area contributed by atoms with E-state index in [0.717, 1.165) is 5.56 Å². The first kappa shape index (κ1) is 11.8. The van der Waals surface area contributed by atoms with Crippen molar-refractivity contribution in [1.82, 2.24) is 25.3 Å². The Kier molecular flexibility index (Phi) is 2.71. The molecular weight excluding hydrogens is 266 g/mol. The molecule has 2 aromatic carbocycles. The van der Waals surface area contributed by atoms with E-state index in [1.165, 1.54) is 17.1 Å². The van der Waals surface area contributed by atoms with Crippen LogP contribution in [0.2, 0.25) is 0 Å². The molecule has 6 heteroatoms. The van der Waals surface area contributed by atoms with E-state index in [4.69, 9.17) is 4.52 Å². The number of nitrogens with zero attached hydrogens (tertiary/aromatic N) is 4. The van der Waals surface area contributed by atoms with Gasteiger partial charge in [-0.1, -0.05) is 47.6 Å². The van der Waals surface area contributed by atoms with E-state index >= 15 is 0 Å². The molecule has 0 aliphatic rings. The number of nitrogens with one attached hydrogen (secondary N) is 1. The largest absolute Gasteiger partial charge is 0.339 e. The lowest BCUT2D eigenvalue weighted by atomic mass is 10.0. The second-order valence-corrected chi connectivity index (χ2v) is 4.66. The van der Waals surface area contributed by atoms with Gasteiger partial charge in [0.25, 0.3) is 0 Å². The SMILES string of the molecule is c1ccc2c(Cc3nc(-c4ncn[nH]4)no3)cccc2c1. The minimum Gasteiger partial charge on any atom is -0.339 e. The van der Waals surface area contributed by atoms with Crippen molar-refractivity contribution in [1.29, 1.82) is 0 Å². The van der Waals surface area contributed by atoms with Crippen LogP contribution < -0.4 is 0 Å². The first-order valence-corrected chi connectivity index (χ1v) is 6.55. The molecule has 2 aromatic heterocycles. The van der Waals surface area contributed by atoms with Gasteiger partial charge in [-0.3, -0.25) is 5.10 Å². The molecule has 0 saturated heterocycles. The van der Waals surface area contributed by atoms with Crippen LogP contribution in [-0.2, 0) is 6.42 Å². The minimum absolute atomic E-state index is 0.419. The molecule has 2 heterocycles. The van der Waals surface area contributed by atoms with Crippen LogP contribution in [0.1, 0.15) is 11.5 Å². The van der Waals surface area contributed by atoms with Gasteiger partial charge in [0.15, 0.2) is 5.82 Å². The quantitative estimate of drug-likeness (QED) is 0.622. The lowest BCUT2D eigenvalue weighted by Gasteiger charge is -2.03. The number of rotatable bonds is 3. The molecule has 0 bridgehead atoms. The topological polar surface area (TPSA) is 80.5 Å². The Balaban J connectivity index is 1.69. The zero-order valence-corrected chi connectivity index (χ0v) is 11.0. The highest BCUT2D eigenvalue weighted by Crippen LogP contribution is 2.21. The van der Waals surface area contributed by atoms with Crippen molar-refractivity contribution in [2.75, 3.05) is 0 Å². The smallest absolute Gasteiger partial charge is 0.239 e. The number of hydrogen-bond acceptors (Lipinski definition) is 5. The van der Waals surface area contributed by atoms with E-state index in [1.807, 2.05) is 18.2 Å². The fraction of sp³-hybridized carbons (Fsp3) is 0.0667. The van der Waals surface area contributed by atoms with Crippen molar-refractivity contribution in [2.45, 2.75) is 6.42 Å². The van der Waals surface area contributed by atoms with Gasteiger partial charge in [-0.15, -0.1) is 0 Å². The van der Waals surface area contributed by atoms with Crippen molar-refractivity contribution in [3.8, 4) is 11.6 Å². The fourth-order valence-corrected chi connectivity index (χ4v) is 2.35. The number of hydrogen-bond donors (Lipinski definition) is 1. The van der Waals surface area contributed by atoms with Crippen LogP contribution in [0, 0.1) is 0 Å². The van der Waals surface area contributed by atoms with E-state index in [-0.39, 0.29) is 0 Å². The summed E-state index contributed by atoms with van der Waals surface area (Å²) in [5.74, 6) is 1.48. The molecule has 0 aliphatic carbocycles. The molecule has 0 saturated carbocycles. The average Bonchev–Trinajstić information content (AvgIpc) is 3.18. The van der Waals surface area contributed by atoms with Crippen LogP contribution in [-0.4, -0.2) is 25.3 Å². The van der Waals surface area contributed by atoms with Gasteiger partial charge in [-0.2, -0.15) is 10.1 Å². The highest BCUT2D eigenvalue weighted by Gasteiger charge is 2.12. The summed E-state index contributed by atoms with van der Waals surface area (Å²) in [7, 11) is 0. The third-order valence-electron chi connectivity index (χ3n) is 3.32. The van der Waals surface area contributed by atoms with Crippen molar-refractivity contribution in [2.24, 2.45) is 0 Å². The van der Waals surface area contributed by atoms with E-state index < -0.39 is 0 Å². The van der Waals surface area contributed by atoms with Crippen molar-refractivity contribution < 1.29 is 4.52 Å². The van der Waals surface area contributed by atoms with Gasteiger partial charge >= 0.3 is 0 Å². The minimum atomic E-state index is 0.419. The average molecular weight is 277 g/mol. The summed E-state index contributed by atoms with van der Waals surface area (Å²) in [4.78, 5) is 8.35. The maximum atomic E-state index is 5.29. The fourth-order valence-electron chi connectivity index (χ4n) is 2.35. The van der Waals surface area contributed by atoms with Gasteiger partial charge < -0.3 is 4.52 Å². The van der Waals surface area contributed by atoms with Crippen molar-refractivity contribution >= 4 is 10.8 Å². The van der Waals surface area contributed by atoms with E-state index in [0.29, 0.717) is 24.0 Å². The first-order chi connectivity index (χ1) is 10.4. The Morgan fingerprint density at radius 2 is 1.95 bits per heavy atom. The number of aromatic amines is 1. The molecular formula is C15H11N5O. The first-order valence-electron chi connectivity index (χ1n) is 6.55. The number of benzene rings is 2. The lowest BCUT2D eigenvalue weighted by Crippen LogP contribution is -1.90. The second-order valence-electron chi connectivity index (χ2n) is 4.66. The van der Waals surface area contributed by atoms with Crippen LogP contribution >= 0.6 is 0 Å². The van der Waals surface area contributed by atoms with E-state index in [9.17, 15) is 0 Å². The summed E-state index contributed by atoms with van der Waals surface area (Å²) in [5.41, 5.74) is 1.15. The molecule has 0 atom stereocenters. The van der Waals surface area contributed by atoms with Gasteiger partial charge in [-0.05, 0) is 16.3 Å². The molecule has 0 fully saturated rings. The Labute approximate surface area is 119 Å². The molecule has 4 aromatic rings. The predicted octanol–water partition coefficient (Wildman–Crippen LogP) is 2.60. The maximum absolute atomic E-state index is 5.29. The molecule has 102 valence electrons. The zero-order valence-electron chi connectivity index (χ0n) is 11.0. The summed E-state index contributed by atoms with van der Waals surface area (Å²) >= 11 is 0. The molecule has 1 N–H and O–H groups in total. The van der Waals surface area contributed by atoms with Crippen LogP contribution in [0.15, 0.2) is 53.3 Å². The van der Waals surface area contributed by atoms with Crippen LogP contribution in [0.5, 0.6) is 0 Å². The lowest BCUT2D eigenvalue weighted by molar-refractivity contribution is 0.385. The zero-order chi connectivity index (χ0) is 14.1. The van der Waals surface area contributed by atoms with Gasteiger partial charge in [-0.25, -0.2) is 4.98 Å². The molecule has 0 radical (unpaired) electrons. The van der Waals surface area contributed by atoms with E-state index in [2.05, 4.69) is 49.6 Å². The Hall–Kier alpha value is -3.02. The Bertz CT molecular complexity index is 877. The molecule has 0 spiro atoms. The normalized spacial score (nSPS) is 11.0. The van der Waals surface area contributed by atoms with E-state index in [1.54, 1.807) is 0 Å². The highest BCUT2D eigenvalue weighted by molar-refractivity contribution is 5.85. The summed E-state index contributed by atoms with van der Waals surface area (Å²) < 4.78 is 5.29. The predicted molar refractivity (Wildman–Crippen MR) is 76.4 cm³/mol. The Morgan fingerprint density at radius 1 is 1.05 bits per heavy atom. The molecule has 0 amide bonds. The van der Waals surface area contributed by atoms with Crippen molar-refractivity contribution in [3.05, 3.63) is 60.2 Å². The number of aromatic nitrogens is 5. The highest BCUT2D eigenvalue weighted by atomic mass is 16.5.